The van der Waals surface area contributed by atoms with Crippen molar-refractivity contribution in [2.24, 2.45) is 5.92 Å². The van der Waals surface area contributed by atoms with Crippen LogP contribution in [0.25, 0.3) is 0 Å². The van der Waals surface area contributed by atoms with Gasteiger partial charge in [0.05, 0.1) is 13.2 Å². The molecule has 2 rings (SSSR count). The van der Waals surface area contributed by atoms with E-state index in [1.807, 2.05) is 0 Å². The van der Waals surface area contributed by atoms with E-state index in [-0.39, 0.29) is 0 Å². The number of hydrogen-bond acceptors (Lipinski definition) is 3. The Kier molecular flexibility index (Phi) is 4.05. The molecule has 0 aromatic heterocycles. The highest BCUT2D eigenvalue weighted by atomic mass is 16.5. The number of carboxylic acids is 1. The summed E-state index contributed by atoms with van der Waals surface area (Å²) < 4.78 is 5.33. The lowest BCUT2D eigenvalue weighted by atomic mass is 9.73. The summed E-state index contributed by atoms with van der Waals surface area (Å²) in [6, 6.07) is 0. The predicted molar refractivity (Wildman–Crippen MR) is 65.0 cm³/mol. The fourth-order valence-electron chi connectivity index (χ4n) is 3.32. The van der Waals surface area contributed by atoms with Gasteiger partial charge in [-0.1, -0.05) is 26.2 Å². The zero-order valence-corrected chi connectivity index (χ0v) is 10.7. The Bertz CT molecular complexity index is 276. The summed E-state index contributed by atoms with van der Waals surface area (Å²) >= 11 is 0. The van der Waals surface area contributed by atoms with Crippen molar-refractivity contribution in [1.82, 2.24) is 4.90 Å². The van der Waals surface area contributed by atoms with Crippen molar-refractivity contribution in [3.05, 3.63) is 0 Å². The van der Waals surface area contributed by atoms with E-state index in [0.717, 1.165) is 38.8 Å². The first kappa shape index (κ1) is 12.8. The van der Waals surface area contributed by atoms with Crippen LogP contribution in [0.15, 0.2) is 0 Å². The van der Waals surface area contributed by atoms with E-state index in [4.69, 9.17) is 4.74 Å². The molecule has 1 N–H and O–H groups in total. The molecule has 2 aliphatic rings. The van der Waals surface area contributed by atoms with Gasteiger partial charge in [-0.25, -0.2) is 0 Å². The summed E-state index contributed by atoms with van der Waals surface area (Å²) in [5.41, 5.74) is -0.608. The summed E-state index contributed by atoms with van der Waals surface area (Å²) in [4.78, 5) is 13.9. The monoisotopic (exact) mass is 241 g/mol. The lowest BCUT2D eigenvalue weighted by Gasteiger charge is -2.46. The van der Waals surface area contributed by atoms with Crippen LogP contribution in [-0.4, -0.2) is 47.8 Å². The molecule has 98 valence electrons. The molecule has 0 aromatic carbocycles. The van der Waals surface area contributed by atoms with Crippen LogP contribution in [0.3, 0.4) is 0 Å². The highest BCUT2D eigenvalue weighted by Crippen LogP contribution is 2.38. The number of morpholine rings is 1. The van der Waals surface area contributed by atoms with Gasteiger partial charge in [-0.15, -0.1) is 0 Å². The summed E-state index contributed by atoms with van der Waals surface area (Å²) in [7, 11) is 0. The van der Waals surface area contributed by atoms with E-state index in [1.165, 1.54) is 6.42 Å². The zero-order chi connectivity index (χ0) is 12.3. The summed E-state index contributed by atoms with van der Waals surface area (Å²) in [5.74, 6) is -0.0553. The fourth-order valence-corrected chi connectivity index (χ4v) is 3.32. The number of nitrogens with zero attached hydrogens (tertiary/aromatic N) is 1. The Morgan fingerprint density at radius 1 is 1.47 bits per heavy atom. The fraction of sp³-hybridized carbons (Fsp3) is 0.923. The van der Waals surface area contributed by atoms with Gasteiger partial charge in [-0.3, -0.25) is 9.69 Å². The second-order valence-electron chi connectivity index (χ2n) is 5.31. The maximum Gasteiger partial charge on any atom is 0.324 e. The Balaban J connectivity index is 2.15. The van der Waals surface area contributed by atoms with E-state index in [0.29, 0.717) is 19.1 Å². The van der Waals surface area contributed by atoms with E-state index in [2.05, 4.69) is 11.8 Å². The average molecular weight is 241 g/mol. The van der Waals surface area contributed by atoms with Gasteiger partial charge < -0.3 is 9.84 Å². The molecule has 1 saturated heterocycles. The second kappa shape index (κ2) is 5.36. The highest BCUT2D eigenvalue weighted by molar-refractivity contribution is 5.79. The normalized spacial score (nSPS) is 35.7. The van der Waals surface area contributed by atoms with Gasteiger partial charge in [0.1, 0.15) is 5.54 Å². The van der Waals surface area contributed by atoms with Gasteiger partial charge in [0, 0.05) is 13.1 Å². The number of aliphatic carboxylic acids is 1. The first-order valence-corrected chi connectivity index (χ1v) is 6.75. The molecule has 2 atom stereocenters. The minimum atomic E-state index is -0.627. The van der Waals surface area contributed by atoms with Crippen molar-refractivity contribution in [2.45, 2.75) is 44.6 Å². The topological polar surface area (TPSA) is 49.8 Å². The van der Waals surface area contributed by atoms with Gasteiger partial charge in [0.15, 0.2) is 0 Å². The molecule has 2 fully saturated rings. The molecule has 1 heterocycles. The number of rotatable bonds is 3. The quantitative estimate of drug-likeness (QED) is 0.817. The highest BCUT2D eigenvalue weighted by Gasteiger charge is 2.47. The van der Waals surface area contributed by atoms with Crippen molar-refractivity contribution in [3.63, 3.8) is 0 Å². The number of ether oxygens (including phenoxy) is 1. The molecule has 0 spiro atoms. The molecule has 0 amide bonds. The second-order valence-corrected chi connectivity index (χ2v) is 5.31. The summed E-state index contributed by atoms with van der Waals surface area (Å²) in [6.07, 6.45) is 4.95. The minimum absolute atomic E-state index is 0.572. The average Bonchev–Trinajstić information content (AvgIpc) is 2.39. The molecule has 1 aliphatic heterocycles. The molecular formula is C13H23NO3. The third-order valence-electron chi connectivity index (χ3n) is 4.42. The third kappa shape index (κ3) is 2.47. The van der Waals surface area contributed by atoms with Gasteiger partial charge in [-0.2, -0.15) is 0 Å². The largest absolute Gasteiger partial charge is 0.480 e. The Hall–Kier alpha value is -0.610. The van der Waals surface area contributed by atoms with Crippen LogP contribution >= 0.6 is 0 Å². The maximum absolute atomic E-state index is 11.8. The smallest absolute Gasteiger partial charge is 0.324 e. The molecule has 17 heavy (non-hydrogen) atoms. The van der Waals surface area contributed by atoms with Crippen LogP contribution < -0.4 is 0 Å². The molecule has 0 radical (unpaired) electrons. The van der Waals surface area contributed by atoms with Gasteiger partial charge in [-0.05, 0) is 18.8 Å². The SMILES string of the molecule is CCC1CCCC(C(=O)O)(N2CCOCC2)C1. The molecule has 0 bridgehead atoms. The van der Waals surface area contributed by atoms with Crippen molar-refractivity contribution in [3.8, 4) is 0 Å². The number of carboxylic acid groups (broad SMARTS) is 1. The van der Waals surface area contributed by atoms with E-state index >= 15 is 0 Å². The lowest BCUT2D eigenvalue weighted by molar-refractivity contribution is -0.159. The van der Waals surface area contributed by atoms with Crippen molar-refractivity contribution in [2.75, 3.05) is 26.3 Å². The molecule has 0 aromatic rings. The van der Waals surface area contributed by atoms with Crippen LogP contribution in [0.2, 0.25) is 0 Å². The lowest BCUT2D eigenvalue weighted by Crippen LogP contribution is -2.60. The molecule has 1 saturated carbocycles. The van der Waals surface area contributed by atoms with Crippen LogP contribution in [-0.2, 0) is 9.53 Å². The van der Waals surface area contributed by atoms with Gasteiger partial charge in [0.25, 0.3) is 0 Å². The van der Waals surface area contributed by atoms with Crippen LogP contribution in [0, 0.1) is 5.92 Å². The van der Waals surface area contributed by atoms with Crippen molar-refractivity contribution >= 4 is 5.97 Å². The molecule has 4 nitrogen and oxygen atoms in total. The summed E-state index contributed by atoms with van der Waals surface area (Å²) in [5, 5.41) is 9.67. The molecular weight excluding hydrogens is 218 g/mol. The molecule has 2 unspecified atom stereocenters. The van der Waals surface area contributed by atoms with Gasteiger partial charge >= 0.3 is 5.97 Å². The van der Waals surface area contributed by atoms with Crippen molar-refractivity contribution < 1.29 is 14.6 Å². The van der Waals surface area contributed by atoms with E-state index < -0.39 is 11.5 Å². The molecule has 4 heteroatoms. The Labute approximate surface area is 103 Å². The maximum atomic E-state index is 11.8. The standard InChI is InChI=1S/C13H23NO3/c1-2-11-4-3-5-13(10-11,12(15)16)14-6-8-17-9-7-14/h11H,2-10H2,1H3,(H,15,16). The van der Waals surface area contributed by atoms with Crippen LogP contribution in [0.1, 0.15) is 39.0 Å². The van der Waals surface area contributed by atoms with E-state index in [9.17, 15) is 9.90 Å². The van der Waals surface area contributed by atoms with Crippen LogP contribution in [0.4, 0.5) is 0 Å². The number of hydrogen-bond donors (Lipinski definition) is 1. The first-order chi connectivity index (χ1) is 8.19. The van der Waals surface area contributed by atoms with Gasteiger partial charge in [0.2, 0.25) is 0 Å². The summed E-state index contributed by atoms with van der Waals surface area (Å²) in [6.45, 7) is 5.05. The zero-order valence-electron chi connectivity index (χ0n) is 10.7. The third-order valence-corrected chi connectivity index (χ3v) is 4.42. The molecule has 1 aliphatic carbocycles. The predicted octanol–water partition coefficient (Wildman–Crippen LogP) is 1.74. The number of carbonyl (C=O) groups is 1. The van der Waals surface area contributed by atoms with E-state index in [1.54, 1.807) is 0 Å². The van der Waals surface area contributed by atoms with Crippen molar-refractivity contribution in [1.29, 1.82) is 0 Å². The first-order valence-electron chi connectivity index (χ1n) is 6.75. The van der Waals surface area contributed by atoms with Crippen LogP contribution in [0.5, 0.6) is 0 Å². The Morgan fingerprint density at radius 2 is 2.18 bits per heavy atom. The minimum Gasteiger partial charge on any atom is -0.480 e. The Morgan fingerprint density at radius 3 is 2.76 bits per heavy atom.